The standard InChI is InChI=1S/C17H19N3O3/c1-9-4-10(2)6-13(5-9)14-7-12(11(3)17(19)21)8-15(16(14)18)20(22)23/h4-8,11H,18H2,1-3H3,(H2,19,21). The number of amides is 1. The van der Waals surface area contributed by atoms with Crippen molar-refractivity contribution in [2.24, 2.45) is 5.73 Å². The Morgan fingerprint density at radius 3 is 2.17 bits per heavy atom. The van der Waals surface area contributed by atoms with Gasteiger partial charge < -0.3 is 11.5 Å². The van der Waals surface area contributed by atoms with Crippen LogP contribution in [-0.2, 0) is 4.79 Å². The summed E-state index contributed by atoms with van der Waals surface area (Å²) in [6.07, 6.45) is 0. The number of nitro groups is 1. The predicted molar refractivity (Wildman–Crippen MR) is 90.0 cm³/mol. The lowest BCUT2D eigenvalue weighted by molar-refractivity contribution is -0.383. The van der Waals surface area contributed by atoms with Crippen molar-refractivity contribution in [3.63, 3.8) is 0 Å². The summed E-state index contributed by atoms with van der Waals surface area (Å²) in [5.41, 5.74) is 15.0. The molecule has 0 fully saturated rings. The Bertz CT molecular complexity index is 780. The molecule has 6 heteroatoms. The Hall–Kier alpha value is -2.89. The lowest BCUT2D eigenvalue weighted by atomic mass is 9.92. The van der Waals surface area contributed by atoms with E-state index in [2.05, 4.69) is 0 Å². The van der Waals surface area contributed by atoms with Gasteiger partial charge in [-0.15, -0.1) is 0 Å². The van der Waals surface area contributed by atoms with Crippen molar-refractivity contribution in [2.75, 3.05) is 5.73 Å². The molecular weight excluding hydrogens is 294 g/mol. The zero-order chi connectivity index (χ0) is 17.3. The second-order valence-corrected chi connectivity index (χ2v) is 5.76. The maximum atomic E-state index is 11.4. The summed E-state index contributed by atoms with van der Waals surface area (Å²) < 4.78 is 0. The fourth-order valence-electron chi connectivity index (χ4n) is 2.59. The molecule has 120 valence electrons. The average Bonchev–Trinajstić information content (AvgIpc) is 2.45. The number of aryl methyl sites for hydroxylation is 2. The molecule has 4 N–H and O–H groups in total. The van der Waals surface area contributed by atoms with Gasteiger partial charge in [0.05, 0.1) is 10.8 Å². The van der Waals surface area contributed by atoms with Crippen LogP contribution in [0, 0.1) is 24.0 Å². The molecule has 1 atom stereocenters. The molecule has 0 heterocycles. The number of nitro benzene ring substituents is 1. The van der Waals surface area contributed by atoms with Crippen LogP contribution in [0.4, 0.5) is 11.4 Å². The number of rotatable bonds is 4. The van der Waals surface area contributed by atoms with Gasteiger partial charge in [0.25, 0.3) is 5.69 Å². The number of anilines is 1. The van der Waals surface area contributed by atoms with E-state index in [9.17, 15) is 14.9 Å². The van der Waals surface area contributed by atoms with Crippen molar-refractivity contribution in [2.45, 2.75) is 26.7 Å². The number of nitrogens with two attached hydrogens (primary N) is 2. The number of benzene rings is 2. The minimum atomic E-state index is -0.640. The Labute approximate surface area is 134 Å². The Morgan fingerprint density at radius 1 is 1.13 bits per heavy atom. The third-order valence-corrected chi connectivity index (χ3v) is 3.84. The van der Waals surface area contributed by atoms with Gasteiger partial charge in [0.2, 0.25) is 5.91 Å². The van der Waals surface area contributed by atoms with E-state index in [-0.39, 0.29) is 11.4 Å². The van der Waals surface area contributed by atoms with E-state index < -0.39 is 16.7 Å². The molecule has 0 bridgehead atoms. The normalized spacial score (nSPS) is 12.0. The summed E-state index contributed by atoms with van der Waals surface area (Å²) in [4.78, 5) is 22.2. The molecule has 0 aliphatic heterocycles. The molecule has 1 unspecified atom stereocenters. The largest absolute Gasteiger partial charge is 0.393 e. The molecular formula is C17H19N3O3. The number of carbonyl (C=O) groups excluding carboxylic acids is 1. The molecule has 1 amide bonds. The van der Waals surface area contributed by atoms with Gasteiger partial charge in [-0.2, -0.15) is 0 Å². The average molecular weight is 313 g/mol. The second-order valence-electron chi connectivity index (χ2n) is 5.76. The van der Waals surface area contributed by atoms with Gasteiger partial charge in [-0.05, 0) is 38.0 Å². The summed E-state index contributed by atoms with van der Waals surface area (Å²) in [6, 6.07) is 8.83. The molecule has 2 aromatic carbocycles. The Balaban J connectivity index is 2.75. The third-order valence-electron chi connectivity index (χ3n) is 3.84. The van der Waals surface area contributed by atoms with Crippen LogP contribution in [0.5, 0.6) is 0 Å². The predicted octanol–water partition coefficient (Wildman–Crippen LogP) is 3.05. The molecule has 23 heavy (non-hydrogen) atoms. The highest BCUT2D eigenvalue weighted by atomic mass is 16.6. The first-order chi connectivity index (χ1) is 10.7. The third kappa shape index (κ3) is 3.31. The molecule has 0 spiro atoms. The first-order valence-electron chi connectivity index (χ1n) is 7.16. The van der Waals surface area contributed by atoms with Crippen LogP contribution in [0.15, 0.2) is 30.3 Å². The van der Waals surface area contributed by atoms with Crippen LogP contribution in [0.1, 0.15) is 29.5 Å². The van der Waals surface area contributed by atoms with E-state index in [0.717, 1.165) is 16.7 Å². The van der Waals surface area contributed by atoms with Crippen LogP contribution in [-0.4, -0.2) is 10.8 Å². The van der Waals surface area contributed by atoms with Crippen molar-refractivity contribution in [1.82, 2.24) is 0 Å². The first kappa shape index (κ1) is 16.5. The van der Waals surface area contributed by atoms with Crippen LogP contribution >= 0.6 is 0 Å². The number of nitrogens with zero attached hydrogens (tertiary/aromatic N) is 1. The van der Waals surface area contributed by atoms with Crippen molar-refractivity contribution in [3.8, 4) is 11.1 Å². The van der Waals surface area contributed by atoms with E-state index in [4.69, 9.17) is 11.5 Å². The van der Waals surface area contributed by atoms with Crippen molar-refractivity contribution in [3.05, 3.63) is 57.1 Å². The molecule has 0 aliphatic carbocycles. The van der Waals surface area contributed by atoms with Crippen LogP contribution in [0.25, 0.3) is 11.1 Å². The van der Waals surface area contributed by atoms with Crippen molar-refractivity contribution < 1.29 is 9.72 Å². The molecule has 2 rings (SSSR count). The smallest absolute Gasteiger partial charge is 0.293 e. The molecule has 0 radical (unpaired) electrons. The van der Waals surface area contributed by atoms with E-state index in [1.165, 1.54) is 6.07 Å². The highest BCUT2D eigenvalue weighted by molar-refractivity contribution is 5.87. The molecule has 0 aliphatic rings. The minimum absolute atomic E-state index is 0.0837. The highest BCUT2D eigenvalue weighted by Crippen LogP contribution is 2.37. The van der Waals surface area contributed by atoms with Gasteiger partial charge in [-0.25, -0.2) is 0 Å². The highest BCUT2D eigenvalue weighted by Gasteiger charge is 2.22. The zero-order valence-corrected chi connectivity index (χ0v) is 13.3. The summed E-state index contributed by atoms with van der Waals surface area (Å²) >= 11 is 0. The summed E-state index contributed by atoms with van der Waals surface area (Å²) in [5, 5.41) is 11.3. The topological polar surface area (TPSA) is 112 Å². The van der Waals surface area contributed by atoms with Crippen LogP contribution < -0.4 is 11.5 Å². The molecule has 0 saturated carbocycles. The monoisotopic (exact) mass is 313 g/mol. The van der Waals surface area contributed by atoms with E-state index in [1.54, 1.807) is 13.0 Å². The molecule has 0 saturated heterocycles. The molecule has 2 aromatic rings. The van der Waals surface area contributed by atoms with Gasteiger partial charge in [0, 0.05) is 11.6 Å². The van der Waals surface area contributed by atoms with E-state index >= 15 is 0 Å². The SMILES string of the molecule is Cc1cc(C)cc(-c2cc(C(C)C(N)=O)cc([N+](=O)[O-])c2N)c1. The molecule has 6 nitrogen and oxygen atoms in total. The zero-order valence-electron chi connectivity index (χ0n) is 13.3. The fraction of sp³-hybridized carbons (Fsp3) is 0.235. The van der Waals surface area contributed by atoms with Gasteiger partial charge in [-0.1, -0.05) is 29.3 Å². The maximum absolute atomic E-state index is 11.4. The Kier molecular flexibility index (Phi) is 4.36. The summed E-state index contributed by atoms with van der Waals surface area (Å²) in [6.45, 7) is 5.50. The quantitative estimate of drug-likeness (QED) is 0.513. The number of carbonyl (C=O) groups is 1. The number of primary amides is 1. The number of nitrogen functional groups attached to an aromatic ring is 1. The fourth-order valence-corrected chi connectivity index (χ4v) is 2.59. The summed E-state index contributed by atoms with van der Waals surface area (Å²) in [7, 11) is 0. The van der Waals surface area contributed by atoms with Gasteiger partial charge in [0.15, 0.2) is 0 Å². The lowest BCUT2D eigenvalue weighted by Crippen LogP contribution is -2.19. The maximum Gasteiger partial charge on any atom is 0.293 e. The second kappa shape index (κ2) is 6.08. The van der Waals surface area contributed by atoms with Crippen LogP contribution in [0.2, 0.25) is 0 Å². The van der Waals surface area contributed by atoms with Gasteiger partial charge in [0.1, 0.15) is 5.69 Å². The minimum Gasteiger partial charge on any atom is -0.393 e. The van der Waals surface area contributed by atoms with E-state index in [1.807, 2.05) is 32.0 Å². The summed E-state index contributed by atoms with van der Waals surface area (Å²) in [5.74, 6) is -1.19. The van der Waals surface area contributed by atoms with Crippen molar-refractivity contribution in [1.29, 1.82) is 0 Å². The number of hydrogen-bond acceptors (Lipinski definition) is 4. The molecule has 0 aromatic heterocycles. The van der Waals surface area contributed by atoms with E-state index in [0.29, 0.717) is 11.1 Å². The number of hydrogen-bond donors (Lipinski definition) is 2. The first-order valence-corrected chi connectivity index (χ1v) is 7.16. The van der Waals surface area contributed by atoms with Crippen LogP contribution in [0.3, 0.4) is 0 Å². The Morgan fingerprint density at radius 2 is 1.70 bits per heavy atom. The van der Waals surface area contributed by atoms with Gasteiger partial charge in [-0.3, -0.25) is 14.9 Å². The van der Waals surface area contributed by atoms with Crippen molar-refractivity contribution >= 4 is 17.3 Å². The lowest BCUT2D eigenvalue weighted by Gasteiger charge is -2.14. The van der Waals surface area contributed by atoms with Gasteiger partial charge >= 0.3 is 0 Å².